The zero-order valence-electron chi connectivity index (χ0n) is 16.1. The Balaban J connectivity index is 1.42. The van der Waals surface area contributed by atoms with Crippen molar-refractivity contribution in [3.63, 3.8) is 0 Å². The number of piperidine rings is 1. The Morgan fingerprint density at radius 1 is 1.00 bits per heavy atom. The molecule has 0 atom stereocenters. The molecule has 1 aliphatic heterocycles. The highest BCUT2D eigenvalue weighted by Crippen LogP contribution is 2.44. The number of benzene rings is 2. The number of rotatable bonds is 6. The molecule has 0 amide bonds. The van der Waals surface area contributed by atoms with Gasteiger partial charge in [0.15, 0.2) is 11.6 Å². The molecule has 3 heterocycles. The maximum atomic E-state index is 6.48. The Labute approximate surface area is 173 Å². The molecule has 0 spiro atoms. The Hall–Kier alpha value is -2.70. The summed E-state index contributed by atoms with van der Waals surface area (Å²) in [5.74, 6) is 2.17. The lowest BCUT2D eigenvalue weighted by atomic mass is 10.1. The molecular formula is C23H23N3O2S. The van der Waals surface area contributed by atoms with Crippen LogP contribution in [0, 0.1) is 0 Å². The van der Waals surface area contributed by atoms with Gasteiger partial charge in [-0.05, 0) is 50.0 Å². The summed E-state index contributed by atoms with van der Waals surface area (Å²) in [5.41, 5.74) is 1.27. The molecule has 0 saturated carbocycles. The Bertz CT molecular complexity index is 1080. The van der Waals surface area contributed by atoms with Crippen molar-refractivity contribution in [1.82, 2.24) is 15.5 Å². The van der Waals surface area contributed by atoms with Crippen molar-refractivity contribution >= 4 is 21.4 Å². The van der Waals surface area contributed by atoms with Gasteiger partial charge in [0, 0.05) is 16.5 Å². The Kier molecular flexibility index (Phi) is 5.28. The van der Waals surface area contributed by atoms with Crippen LogP contribution in [0.25, 0.3) is 20.9 Å². The second kappa shape index (κ2) is 8.35. The maximum Gasteiger partial charge on any atom is 0.271 e. The van der Waals surface area contributed by atoms with Crippen LogP contribution in [0.4, 0.5) is 0 Å². The largest absolute Gasteiger partial charge is 0.488 e. The summed E-state index contributed by atoms with van der Waals surface area (Å²) >= 11 is 1.66. The van der Waals surface area contributed by atoms with E-state index in [-0.39, 0.29) is 6.10 Å². The molecule has 29 heavy (non-hydrogen) atoms. The molecule has 4 aromatic rings. The first-order valence-electron chi connectivity index (χ1n) is 10.1. The van der Waals surface area contributed by atoms with Crippen LogP contribution >= 0.6 is 11.3 Å². The molecule has 5 nitrogen and oxygen atoms in total. The van der Waals surface area contributed by atoms with Gasteiger partial charge in [-0.1, -0.05) is 47.6 Å². The number of thiophene rings is 1. The predicted octanol–water partition coefficient (Wildman–Crippen LogP) is 4.87. The minimum absolute atomic E-state index is 0.216. The summed E-state index contributed by atoms with van der Waals surface area (Å²) in [7, 11) is 0. The van der Waals surface area contributed by atoms with Gasteiger partial charge >= 0.3 is 0 Å². The highest BCUT2D eigenvalue weighted by molar-refractivity contribution is 7.22. The molecule has 6 heteroatoms. The summed E-state index contributed by atoms with van der Waals surface area (Å²) in [5, 5.41) is 8.73. The molecule has 5 rings (SSSR count). The molecule has 0 unspecified atom stereocenters. The van der Waals surface area contributed by atoms with E-state index in [9.17, 15) is 0 Å². The quantitative estimate of drug-likeness (QED) is 0.496. The fourth-order valence-electron chi connectivity index (χ4n) is 3.71. The van der Waals surface area contributed by atoms with Gasteiger partial charge in [0.2, 0.25) is 0 Å². The van der Waals surface area contributed by atoms with Crippen LogP contribution in [0.1, 0.15) is 24.2 Å². The van der Waals surface area contributed by atoms with E-state index in [1.165, 1.54) is 10.3 Å². The summed E-state index contributed by atoms with van der Waals surface area (Å²) in [6.45, 7) is 1.98. The van der Waals surface area contributed by atoms with Crippen molar-refractivity contribution in [3.05, 3.63) is 66.0 Å². The van der Waals surface area contributed by atoms with Gasteiger partial charge in [-0.3, -0.25) is 0 Å². The van der Waals surface area contributed by atoms with E-state index in [1.807, 2.05) is 12.1 Å². The van der Waals surface area contributed by atoms with Crippen LogP contribution in [0.15, 0.2) is 59.1 Å². The minimum atomic E-state index is 0.216. The van der Waals surface area contributed by atoms with Crippen molar-refractivity contribution in [3.8, 4) is 16.5 Å². The van der Waals surface area contributed by atoms with Gasteiger partial charge in [0.05, 0.1) is 0 Å². The minimum Gasteiger partial charge on any atom is -0.488 e. The van der Waals surface area contributed by atoms with E-state index in [0.29, 0.717) is 5.89 Å². The van der Waals surface area contributed by atoms with Gasteiger partial charge in [-0.25, -0.2) is 0 Å². The molecular weight excluding hydrogens is 382 g/mol. The van der Waals surface area contributed by atoms with Gasteiger partial charge in [0.25, 0.3) is 5.89 Å². The van der Waals surface area contributed by atoms with Crippen molar-refractivity contribution < 1.29 is 9.26 Å². The van der Waals surface area contributed by atoms with Crippen molar-refractivity contribution in [1.29, 1.82) is 0 Å². The van der Waals surface area contributed by atoms with Crippen LogP contribution in [-0.2, 0) is 12.8 Å². The van der Waals surface area contributed by atoms with Gasteiger partial charge in [0.1, 0.15) is 11.0 Å². The van der Waals surface area contributed by atoms with Gasteiger partial charge < -0.3 is 14.6 Å². The fourth-order valence-corrected chi connectivity index (χ4v) is 4.77. The third kappa shape index (κ3) is 4.04. The van der Waals surface area contributed by atoms with Crippen molar-refractivity contribution in [2.45, 2.75) is 31.8 Å². The molecule has 1 aliphatic rings. The topological polar surface area (TPSA) is 60.2 Å². The van der Waals surface area contributed by atoms with E-state index < -0.39 is 0 Å². The van der Waals surface area contributed by atoms with E-state index in [4.69, 9.17) is 9.26 Å². The van der Waals surface area contributed by atoms with Crippen molar-refractivity contribution in [2.24, 2.45) is 0 Å². The lowest BCUT2D eigenvalue weighted by molar-refractivity contribution is 0.165. The number of hydrogen-bond acceptors (Lipinski definition) is 6. The standard InChI is InChI=1S/C23H23N3O2S/c1-2-6-16(7-3-1)10-11-20-25-23(28-26-20)22-21(27-17-12-14-24-15-13-17)18-8-4-5-9-19(18)29-22/h1-9,17,24H,10-15H2. The molecule has 0 bridgehead atoms. The lowest BCUT2D eigenvalue weighted by Gasteiger charge is -2.24. The summed E-state index contributed by atoms with van der Waals surface area (Å²) in [6, 6.07) is 18.7. The number of hydrogen-bond donors (Lipinski definition) is 1. The van der Waals surface area contributed by atoms with Crippen molar-refractivity contribution in [2.75, 3.05) is 13.1 Å². The molecule has 0 aliphatic carbocycles. The molecule has 1 fully saturated rings. The monoisotopic (exact) mass is 405 g/mol. The molecule has 148 valence electrons. The fraction of sp³-hybridized carbons (Fsp3) is 0.304. The Morgan fingerprint density at radius 3 is 2.66 bits per heavy atom. The van der Waals surface area contributed by atoms with E-state index in [1.54, 1.807) is 11.3 Å². The number of nitrogens with one attached hydrogen (secondary N) is 1. The van der Waals surface area contributed by atoms with Crippen LogP contribution in [0.3, 0.4) is 0 Å². The SMILES string of the molecule is c1ccc(CCc2noc(-c3sc4ccccc4c3OC3CCNCC3)n2)cc1. The van der Waals surface area contributed by atoms with Crippen LogP contribution in [0.5, 0.6) is 5.75 Å². The maximum absolute atomic E-state index is 6.48. The predicted molar refractivity (Wildman–Crippen MR) is 115 cm³/mol. The number of aryl methyl sites for hydroxylation is 2. The third-order valence-electron chi connectivity index (χ3n) is 5.26. The lowest BCUT2D eigenvalue weighted by Crippen LogP contribution is -2.34. The highest BCUT2D eigenvalue weighted by Gasteiger charge is 2.24. The number of fused-ring (bicyclic) bond motifs is 1. The third-order valence-corrected chi connectivity index (χ3v) is 6.40. The molecule has 2 aromatic carbocycles. The molecule has 1 N–H and O–H groups in total. The first-order valence-corrected chi connectivity index (χ1v) is 10.9. The highest BCUT2D eigenvalue weighted by atomic mass is 32.1. The van der Waals surface area contributed by atoms with E-state index >= 15 is 0 Å². The van der Waals surface area contributed by atoms with E-state index in [0.717, 1.165) is 60.6 Å². The van der Waals surface area contributed by atoms with E-state index in [2.05, 4.69) is 57.9 Å². The summed E-state index contributed by atoms with van der Waals surface area (Å²) in [4.78, 5) is 5.62. The first-order chi connectivity index (χ1) is 14.4. The molecule has 2 aromatic heterocycles. The van der Waals surface area contributed by atoms with Crippen LogP contribution < -0.4 is 10.1 Å². The second-order valence-electron chi connectivity index (χ2n) is 7.33. The smallest absolute Gasteiger partial charge is 0.271 e. The number of ether oxygens (including phenoxy) is 1. The second-order valence-corrected chi connectivity index (χ2v) is 8.38. The number of aromatic nitrogens is 2. The zero-order chi connectivity index (χ0) is 19.5. The average Bonchev–Trinajstić information content (AvgIpc) is 3.39. The van der Waals surface area contributed by atoms with Gasteiger partial charge in [-0.2, -0.15) is 4.98 Å². The normalized spacial score (nSPS) is 15.0. The zero-order valence-corrected chi connectivity index (χ0v) is 17.0. The Morgan fingerprint density at radius 2 is 1.79 bits per heavy atom. The van der Waals surface area contributed by atoms with Crippen LogP contribution in [0.2, 0.25) is 0 Å². The molecule has 0 radical (unpaired) electrons. The first kappa shape index (κ1) is 18.3. The summed E-state index contributed by atoms with van der Waals surface area (Å²) < 4.78 is 13.3. The average molecular weight is 406 g/mol. The number of nitrogens with zero attached hydrogens (tertiary/aromatic N) is 2. The summed E-state index contributed by atoms with van der Waals surface area (Å²) in [6.07, 6.45) is 3.88. The van der Waals surface area contributed by atoms with Gasteiger partial charge in [-0.15, -0.1) is 11.3 Å². The van der Waals surface area contributed by atoms with Crippen LogP contribution in [-0.4, -0.2) is 29.3 Å². The molecule has 1 saturated heterocycles.